The van der Waals surface area contributed by atoms with Gasteiger partial charge >= 0.3 is 12.4 Å². The number of carbonyl (C=O) groups is 4. The first-order chi connectivity index (χ1) is 28.3. The van der Waals surface area contributed by atoms with E-state index in [0.29, 0.717) is 21.2 Å². The number of alkyl halides is 6. The molecule has 2 aliphatic rings. The molecule has 0 bridgehead atoms. The van der Waals surface area contributed by atoms with E-state index in [0.717, 1.165) is 36.4 Å². The van der Waals surface area contributed by atoms with Crippen LogP contribution in [0.3, 0.4) is 0 Å². The Morgan fingerprint density at radius 2 is 1.02 bits per heavy atom. The molecule has 4 amide bonds. The van der Waals surface area contributed by atoms with Gasteiger partial charge in [0.25, 0.3) is 23.6 Å². The fourth-order valence-corrected chi connectivity index (χ4v) is 5.58. The van der Waals surface area contributed by atoms with Gasteiger partial charge in [-0.15, -0.1) is 10.2 Å². The largest absolute Gasteiger partial charge is 0.488 e. The Morgan fingerprint density at radius 1 is 0.633 bits per heavy atom. The lowest BCUT2D eigenvalue weighted by atomic mass is 10.2. The van der Waals surface area contributed by atoms with E-state index in [1.54, 1.807) is 0 Å². The molecule has 0 aliphatic carbocycles. The molecule has 0 saturated carbocycles. The van der Waals surface area contributed by atoms with Crippen LogP contribution in [0.2, 0.25) is 0 Å². The molecule has 0 saturated heterocycles. The van der Waals surface area contributed by atoms with Crippen molar-refractivity contribution in [2.24, 2.45) is 0 Å². The number of amides is 4. The summed E-state index contributed by atoms with van der Waals surface area (Å²) in [5.41, 5.74) is -3.56. The van der Waals surface area contributed by atoms with Gasteiger partial charge in [-0.3, -0.25) is 19.2 Å². The van der Waals surface area contributed by atoms with Gasteiger partial charge < -0.3 is 30.7 Å². The molecule has 2 aliphatic heterocycles. The fraction of sp³-hybridized carbons (Fsp3) is 0.176. The van der Waals surface area contributed by atoms with Crippen LogP contribution in [0.25, 0.3) is 11.3 Å². The number of hydrogen-bond acceptors (Lipinski definition) is 10. The van der Waals surface area contributed by atoms with Crippen molar-refractivity contribution in [1.82, 2.24) is 39.8 Å². The Hall–Kier alpha value is -7.54. The first-order valence-electron chi connectivity index (χ1n) is 16.6. The summed E-state index contributed by atoms with van der Waals surface area (Å²) >= 11 is 0. The summed E-state index contributed by atoms with van der Waals surface area (Å²) in [6.45, 7) is -0.983. The third-order valence-corrected chi connectivity index (χ3v) is 8.30. The number of pyridine rings is 2. The molecule has 4 N–H and O–H groups in total. The van der Waals surface area contributed by atoms with Crippen molar-refractivity contribution in [3.8, 4) is 11.5 Å². The molecule has 6 heterocycles. The Kier molecular flexibility index (Phi) is 10.4. The lowest BCUT2D eigenvalue weighted by molar-refractivity contribution is -0.143. The van der Waals surface area contributed by atoms with Gasteiger partial charge in [-0.05, 0) is 24.3 Å². The van der Waals surface area contributed by atoms with Crippen LogP contribution in [0.5, 0.6) is 11.5 Å². The van der Waals surface area contributed by atoms with E-state index in [2.05, 4.69) is 41.4 Å². The third kappa shape index (κ3) is 8.23. The smallest absolute Gasteiger partial charge is 0.433 e. The van der Waals surface area contributed by atoms with Crippen LogP contribution >= 0.6 is 0 Å². The van der Waals surface area contributed by atoms with Gasteiger partial charge in [0.2, 0.25) is 11.6 Å². The molecule has 2 aromatic carbocycles. The van der Waals surface area contributed by atoms with Crippen molar-refractivity contribution in [3.63, 3.8) is 0 Å². The second-order valence-corrected chi connectivity index (χ2v) is 12.4. The predicted molar refractivity (Wildman–Crippen MR) is 179 cm³/mol. The number of carbonyl (C=O) groups excluding carboxylic acids is 4. The lowest BCUT2D eigenvalue weighted by Crippen LogP contribution is -2.46. The molecule has 0 spiro atoms. The molecule has 4 aromatic heterocycles. The molecule has 2 atom stereocenters. The number of benzene rings is 2. The molecule has 26 heteroatoms. The van der Waals surface area contributed by atoms with Gasteiger partial charge in [0.05, 0.1) is 0 Å². The van der Waals surface area contributed by atoms with E-state index >= 15 is 0 Å². The van der Waals surface area contributed by atoms with Crippen molar-refractivity contribution in [2.45, 2.75) is 24.4 Å². The Labute approximate surface area is 325 Å². The van der Waals surface area contributed by atoms with Gasteiger partial charge in [0.1, 0.15) is 71.2 Å². The predicted octanol–water partition coefficient (Wildman–Crippen LogP) is 4.31. The summed E-state index contributed by atoms with van der Waals surface area (Å²) in [6.07, 6.45) is -9.47. The van der Waals surface area contributed by atoms with Gasteiger partial charge in [0, 0.05) is 24.3 Å². The quantitative estimate of drug-likeness (QED) is 0.186. The lowest BCUT2D eigenvalue weighted by Gasteiger charge is -2.13. The summed E-state index contributed by atoms with van der Waals surface area (Å²) in [6, 6.07) is 6.21. The fourth-order valence-electron chi connectivity index (χ4n) is 5.58. The maximum Gasteiger partial charge on any atom is 0.433 e. The SMILES string of the molecule is O=C(N[C@H]1COc2cc(F)cc(F)c2NC1=O)c1nc2cccc(C(F)(F)F)n2n1.O=C(N[C@H]1COc2cc(F)cc(F)c2NC1=O)c1nc2cccc(C(F)(F)F)n2n1. The number of fused-ring (bicyclic) bond motifs is 4. The summed E-state index contributed by atoms with van der Waals surface area (Å²) in [4.78, 5) is 56.8. The summed E-state index contributed by atoms with van der Waals surface area (Å²) in [7, 11) is 0. The molecule has 0 fully saturated rings. The topological polar surface area (TPSA) is 195 Å². The molecule has 16 nitrogen and oxygen atoms in total. The molecule has 6 aromatic rings. The highest BCUT2D eigenvalue weighted by Gasteiger charge is 2.37. The maximum absolute atomic E-state index is 13.9. The number of hydrogen-bond donors (Lipinski definition) is 4. The average Bonchev–Trinajstić information content (AvgIpc) is 3.74. The Bertz CT molecular complexity index is 2540. The van der Waals surface area contributed by atoms with Crippen LogP contribution in [0.4, 0.5) is 55.3 Å². The molecule has 312 valence electrons. The number of anilines is 2. The van der Waals surface area contributed by atoms with E-state index in [4.69, 9.17) is 9.47 Å². The number of rotatable bonds is 4. The van der Waals surface area contributed by atoms with Crippen LogP contribution in [-0.4, -0.2) is 78.1 Å². The molecule has 0 unspecified atom stereocenters. The summed E-state index contributed by atoms with van der Waals surface area (Å²) in [5.74, 6) is -9.72. The van der Waals surface area contributed by atoms with E-state index in [1.807, 2.05) is 0 Å². The van der Waals surface area contributed by atoms with E-state index in [-0.39, 0.29) is 22.8 Å². The maximum atomic E-state index is 13.9. The van der Waals surface area contributed by atoms with E-state index < -0.39 is 119 Å². The van der Waals surface area contributed by atoms with E-state index in [9.17, 15) is 63.1 Å². The standard InChI is InChI=1S/2C17H10F5N5O3/c2*18-7-4-8(19)13-10(5-7)30-6-9(15(28)25-13)23-16(29)14-24-12-3-1-2-11(17(20,21)22)27(12)26-14/h2*1-5,9H,6H2,(H,23,29)(H,25,28)/t2*9-/m00/s1. The van der Waals surface area contributed by atoms with Gasteiger partial charge in [-0.2, -0.15) is 26.3 Å². The van der Waals surface area contributed by atoms with Crippen molar-refractivity contribution >= 4 is 46.3 Å². The highest BCUT2D eigenvalue weighted by atomic mass is 19.4. The summed E-state index contributed by atoms with van der Waals surface area (Å²) in [5, 5.41) is 15.8. The van der Waals surface area contributed by atoms with Crippen molar-refractivity contribution in [1.29, 1.82) is 0 Å². The number of ether oxygens (including phenoxy) is 2. The highest BCUT2D eigenvalue weighted by Crippen LogP contribution is 2.33. The first kappa shape index (κ1) is 40.6. The van der Waals surface area contributed by atoms with Crippen molar-refractivity contribution < 1.29 is 72.6 Å². The zero-order valence-electron chi connectivity index (χ0n) is 29.3. The molecular weight excluding hydrogens is 834 g/mol. The van der Waals surface area contributed by atoms with Crippen LogP contribution in [-0.2, 0) is 21.9 Å². The monoisotopic (exact) mass is 854 g/mol. The Morgan fingerprint density at radius 3 is 1.38 bits per heavy atom. The van der Waals surface area contributed by atoms with Crippen LogP contribution in [0, 0.1) is 23.3 Å². The van der Waals surface area contributed by atoms with Gasteiger partial charge in [-0.1, -0.05) is 12.1 Å². The average molecular weight is 855 g/mol. The molecule has 0 radical (unpaired) electrons. The number of aromatic nitrogens is 6. The van der Waals surface area contributed by atoms with Crippen LogP contribution in [0.1, 0.15) is 32.6 Å². The first-order valence-corrected chi connectivity index (χ1v) is 16.6. The zero-order valence-corrected chi connectivity index (χ0v) is 29.3. The second kappa shape index (κ2) is 15.3. The number of halogens is 10. The second-order valence-electron chi connectivity index (χ2n) is 12.4. The van der Waals surface area contributed by atoms with Crippen molar-refractivity contribution in [2.75, 3.05) is 23.8 Å². The van der Waals surface area contributed by atoms with Crippen LogP contribution < -0.4 is 30.7 Å². The molecule has 8 rings (SSSR count). The number of nitrogens with one attached hydrogen (secondary N) is 4. The number of nitrogens with zero attached hydrogens (tertiary/aromatic N) is 6. The minimum absolute atomic E-state index is 0.235. The minimum Gasteiger partial charge on any atom is -0.488 e. The normalized spacial score (nSPS) is 16.4. The van der Waals surface area contributed by atoms with Crippen molar-refractivity contribution in [3.05, 3.63) is 107 Å². The zero-order chi connectivity index (χ0) is 43.3. The van der Waals surface area contributed by atoms with Gasteiger partial charge in [0.15, 0.2) is 22.9 Å². The molecule has 60 heavy (non-hydrogen) atoms. The third-order valence-electron chi connectivity index (χ3n) is 8.30. The van der Waals surface area contributed by atoms with Crippen LogP contribution in [0.15, 0.2) is 60.7 Å². The molecular formula is C34H20F10N10O6. The van der Waals surface area contributed by atoms with Gasteiger partial charge in [-0.25, -0.2) is 36.6 Å². The summed E-state index contributed by atoms with van der Waals surface area (Å²) < 4.78 is 144. The minimum atomic E-state index is -4.74. The Balaban J connectivity index is 0.000000181. The van der Waals surface area contributed by atoms with E-state index in [1.165, 1.54) is 12.1 Å². The highest BCUT2D eigenvalue weighted by molar-refractivity contribution is 6.02.